The van der Waals surface area contributed by atoms with Gasteiger partial charge in [0.15, 0.2) is 0 Å². The summed E-state index contributed by atoms with van der Waals surface area (Å²) < 4.78 is 0. The number of benzene rings is 2. The van der Waals surface area contributed by atoms with E-state index >= 15 is 0 Å². The molecule has 2 nitrogen and oxygen atoms in total. The SMILES string of the molecule is CCC(NC(CO)Cc1ccccc1)c1ccc(C)cc1. The summed E-state index contributed by atoms with van der Waals surface area (Å²) in [6.45, 7) is 4.43. The molecular formula is C19H25NO. The maximum atomic E-state index is 9.66. The molecule has 0 saturated carbocycles. The van der Waals surface area contributed by atoms with Gasteiger partial charge in [-0.3, -0.25) is 0 Å². The second-order valence-electron chi connectivity index (χ2n) is 5.61. The molecule has 2 heteroatoms. The lowest BCUT2D eigenvalue weighted by molar-refractivity contribution is 0.229. The molecule has 0 spiro atoms. The number of aliphatic hydroxyl groups excluding tert-OH is 1. The van der Waals surface area contributed by atoms with E-state index in [0.717, 1.165) is 12.8 Å². The van der Waals surface area contributed by atoms with Crippen LogP contribution in [0.4, 0.5) is 0 Å². The van der Waals surface area contributed by atoms with E-state index in [1.54, 1.807) is 0 Å². The van der Waals surface area contributed by atoms with E-state index in [1.807, 2.05) is 18.2 Å². The van der Waals surface area contributed by atoms with Gasteiger partial charge in [-0.25, -0.2) is 0 Å². The minimum atomic E-state index is 0.0821. The topological polar surface area (TPSA) is 32.3 Å². The van der Waals surface area contributed by atoms with Gasteiger partial charge in [0.1, 0.15) is 0 Å². The Kier molecular flexibility index (Phi) is 5.97. The van der Waals surface area contributed by atoms with Crippen LogP contribution in [0.15, 0.2) is 54.6 Å². The summed E-state index contributed by atoms with van der Waals surface area (Å²) in [5.74, 6) is 0. The summed E-state index contributed by atoms with van der Waals surface area (Å²) in [5, 5.41) is 13.2. The van der Waals surface area contributed by atoms with Crippen molar-refractivity contribution in [1.82, 2.24) is 5.32 Å². The Morgan fingerprint density at radius 3 is 2.24 bits per heavy atom. The van der Waals surface area contributed by atoms with Gasteiger partial charge in [-0.15, -0.1) is 0 Å². The predicted molar refractivity (Wildman–Crippen MR) is 88.4 cm³/mol. The van der Waals surface area contributed by atoms with Crippen molar-refractivity contribution in [2.45, 2.75) is 38.8 Å². The number of rotatable bonds is 7. The van der Waals surface area contributed by atoms with E-state index in [0.29, 0.717) is 0 Å². The van der Waals surface area contributed by atoms with E-state index in [4.69, 9.17) is 0 Å². The molecule has 2 rings (SSSR count). The molecule has 0 aromatic heterocycles. The van der Waals surface area contributed by atoms with Gasteiger partial charge < -0.3 is 10.4 Å². The van der Waals surface area contributed by atoms with Crippen molar-refractivity contribution in [3.05, 3.63) is 71.3 Å². The fraction of sp³-hybridized carbons (Fsp3) is 0.368. The van der Waals surface area contributed by atoms with E-state index < -0.39 is 0 Å². The third-order valence-electron chi connectivity index (χ3n) is 3.87. The average molecular weight is 283 g/mol. The summed E-state index contributed by atoms with van der Waals surface area (Å²) in [6, 6.07) is 19.3. The molecule has 2 aromatic rings. The van der Waals surface area contributed by atoms with E-state index in [1.165, 1.54) is 16.7 Å². The van der Waals surface area contributed by atoms with Crippen LogP contribution in [-0.4, -0.2) is 17.8 Å². The van der Waals surface area contributed by atoms with Crippen molar-refractivity contribution in [2.24, 2.45) is 0 Å². The molecule has 112 valence electrons. The normalized spacial score (nSPS) is 13.9. The number of aryl methyl sites for hydroxylation is 1. The highest BCUT2D eigenvalue weighted by molar-refractivity contribution is 5.24. The third kappa shape index (κ3) is 4.69. The van der Waals surface area contributed by atoms with Crippen molar-refractivity contribution in [2.75, 3.05) is 6.61 Å². The lowest BCUT2D eigenvalue weighted by Gasteiger charge is -2.24. The summed E-state index contributed by atoms with van der Waals surface area (Å²) in [4.78, 5) is 0. The maximum absolute atomic E-state index is 9.66. The first kappa shape index (κ1) is 15.7. The van der Waals surface area contributed by atoms with Gasteiger partial charge in [-0.05, 0) is 30.9 Å². The monoisotopic (exact) mass is 283 g/mol. The van der Waals surface area contributed by atoms with Gasteiger partial charge in [0.25, 0.3) is 0 Å². The smallest absolute Gasteiger partial charge is 0.0588 e. The Morgan fingerprint density at radius 2 is 1.67 bits per heavy atom. The van der Waals surface area contributed by atoms with Crippen molar-refractivity contribution in [1.29, 1.82) is 0 Å². The van der Waals surface area contributed by atoms with E-state index in [2.05, 4.69) is 55.6 Å². The largest absolute Gasteiger partial charge is 0.395 e. The molecule has 2 atom stereocenters. The van der Waals surface area contributed by atoms with Crippen LogP contribution in [0.2, 0.25) is 0 Å². The first-order valence-electron chi connectivity index (χ1n) is 7.70. The molecular weight excluding hydrogens is 258 g/mol. The summed E-state index contributed by atoms with van der Waals surface area (Å²) in [5.41, 5.74) is 3.81. The maximum Gasteiger partial charge on any atom is 0.0588 e. The Bertz CT molecular complexity index is 521. The highest BCUT2D eigenvalue weighted by Crippen LogP contribution is 2.18. The quantitative estimate of drug-likeness (QED) is 0.813. The van der Waals surface area contributed by atoms with Crippen LogP contribution in [0, 0.1) is 6.92 Å². The molecule has 0 amide bonds. The van der Waals surface area contributed by atoms with Crippen molar-refractivity contribution < 1.29 is 5.11 Å². The van der Waals surface area contributed by atoms with Gasteiger partial charge in [0, 0.05) is 12.1 Å². The van der Waals surface area contributed by atoms with Crippen LogP contribution in [0.5, 0.6) is 0 Å². The number of nitrogens with one attached hydrogen (secondary N) is 1. The van der Waals surface area contributed by atoms with Gasteiger partial charge in [-0.2, -0.15) is 0 Å². The Balaban J connectivity index is 2.03. The molecule has 2 N–H and O–H groups in total. The summed E-state index contributed by atoms with van der Waals surface area (Å²) >= 11 is 0. The van der Waals surface area contributed by atoms with Gasteiger partial charge in [-0.1, -0.05) is 67.1 Å². The zero-order valence-corrected chi connectivity index (χ0v) is 12.9. The van der Waals surface area contributed by atoms with Crippen LogP contribution >= 0.6 is 0 Å². The Hall–Kier alpha value is -1.64. The molecule has 0 aliphatic heterocycles. The molecule has 21 heavy (non-hydrogen) atoms. The average Bonchev–Trinajstić information content (AvgIpc) is 2.53. The molecule has 0 aliphatic carbocycles. The standard InChI is InChI=1S/C19H25NO/c1-3-19(17-11-9-15(2)10-12-17)20-18(14-21)13-16-7-5-4-6-8-16/h4-12,18-21H,3,13-14H2,1-2H3. The Labute approximate surface area is 127 Å². The molecule has 0 aliphatic rings. The highest BCUT2D eigenvalue weighted by atomic mass is 16.3. The molecule has 2 unspecified atom stereocenters. The lowest BCUT2D eigenvalue weighted by Crippen LogP contribution is -2.37. The fourth-order valence-corrected chi connectivity index (χ4v) is 2.61. The van der Waals surface area contributed by atoms with Gasteiger partial charge >= 0.3 is 0 Å². The van der Waals surface area contributed by atoms with Crippen molar-refractivity contribution in [3.63, 3.8) is 0 Å². The highest BCUT2D eigenvalue weighted by Gasteiger charge is 2.15. The van der Waals surface area contributed by atoms with Crippen LogP contribution < -0.4 is 5.32 Å². The zero-order valence-electron chi connectivity index (χ0n) is 12.9. The van der Waals surface area contributed by atoms with Gasteiger partial charge in [0.05, 0.1) is 6.61 Å². The molecule has 0 fully saturated rings. The lowest BCUT2D eigenvalue weighted by atomic mass is 10.00. The van der Waals surface area contributed by atoms with Crippen LogP contribution in [-0.2, 0) is 6.42 Å². The molecule has 0 saturated heterocycles. The summed E-state index contributed by atoms with van der Waals surface area (Å²) in [6.07, 6.45) is 1.86. The van der Waals surface area contributed by atoms with E-state index in [9.17, 15) is 5.11 Å². The minimum absolute atomic E-state index is 0.0821. The van der Waals surface area contributed by atoms with Crippen LogP contribution in [0.25, 0.3) is 0 Å². The minimum Gasteiger partial charge on any atom is -0.395 e. The second kappa shape index (κ2) is 7.96. The van der Waals surface area contributed by atoms with Crippen LogP contribution in [0.1, 0.15) is 36.1 Å². The van der Waals surface area contributed by atoms with Crippen molar-refractivity contribution >= 4 is 0 Å². The second-order valence-corrected chi connectivity index (χ2v) is 5.61. The van der Waals surface area contributed by atoms with Gasteiger partial charge in [0.2, 0.25) is 0 Å². The number of aliphatic hydroxyl groups is 1. The molecule has 2 aromatic carbocycles. The predicted octanol–water partition coefficient (Wildman–Crippen LogP) is 3.64. The third-order valence-corrected chi connectivity index (χ3v) is 3.87. The first-order valence-corrected chi connectivity index (χ1v) is 7.70. The molecule has 0 heterocycles. The van der Waals surface area contributed by atoms with E-state index in [-0.39, 0.29) is 18.7 Å². The van der Waals surface area contributed by atoms with Crippen molar-refractivity contribution in [3.8, 4) is 0 Å². The van der Waals surface area contributed by atoms with Crippen LogP contribution in [0.3, 0.4) is 0 Å². The molecule has 0 bridgehead atoms. The fourth-order valence-electron chi connectivity index (χ4n) is 2.61. The Morgan fingerprint density at radius 1 is 1.00 bits per heavy atom. The first-order chi connectivity index (χ1) is 10.2. The number of hydrogen-bond donors (Lipinski definition) is 2. The number of hydrogen-bond acceptors (Lipinski definition) is 2. The summed E-state index contributed by atoms with van der Waals surface area (Å²) in [7, 11) is 0. The molecule has 0 radical (unpaired) electrons. The zero-order chi connectivity index (χ0) is 15.1.